The minimum Gasteiger partial charge on any atom is -0.387 e. The molecular formula is C22H23FN8O5. The zero-order valence-corrected chi connectivity index (χ0v) is 19.3. The van der Waals surface area contributed by atoms with Crippen LogP contribution in [0.1, 0.15) is 29.3 Å². The van der Waals surface area contributed by atoms with Gasteiger partial charge in [-0.15, -0.1) is 0 Å². The summed E-state index contributed by atoms with van der Waals surface area (Å²) in [6, 6.07) is 2.41. The zero-order valence-electron chi connectivity index (χ0n) is 19.3. The van der Waals surface area contributed by atoms with E-state index in [0.29, 0.717) is 6.54 Å². The summed E-state index contributed by atoms with van der Waals surface area (Å²) in [7, 11) is 1.52. The van der Waals surface area contributed by atoms with E-state index in [-0.39, 0.29) is 34.9 Å². The Morgan fingerprint density at radius 1 is 1.28 bits per heavy atom. The highest BCUT2D eigenvalue weighted by atomic mass is 19.1. The highest BCUT2D eigenvalue weighted by molar-refractivity contribution is 5.93. The topological polar surface area (TPSA) is 182 Å². The number of nitrogens with zero attached hydrogens (tertiary/aromatic N) is 6. The standard InChI is InChI=1S/C22H23FN8O5/c1-3-25-20(34)17-15(32)16(33)22(36-17)31-10-27-14-18(24)28-13(29-19(14)31)5-4-8-30(2)21(35)11-6-7-12(23)26-9-11/h6-7,9-10,15-17,22,32-33H,3,8H2,1-2H3,(H,25,34)(H2,24,28,29)/t15?,16-,17+,22-/m1/s1. The van der Waals surface area contributed by atoms with Gasteiger partial charge in [-0.25, -0.2) is 19.9 Å². The van der Waals surface area contributed by atoms with Gasteiger partial charge < -0.3 is 30.9 Å². The van der Waals surface area contributed by atoms with Gasteiger partial charge in [-0.1, -0.05) is 5.92 Å². The van der Waals surface area contributed by atoms with Crippen LogP contribution in [0.4, 0.5) is 10.2 Å². The molecule has 3 aromatic rings. The van der Waals surface area contributed by atoms with Gasteiger partial charge in [0, 0.05) is 19.8 Å². The minimum absolute atomic E-state index is 0.00162. The summed E-state index contributed by atoms with van der Waals surface area (Å²) in [5.41, 5.74) is 6.58. The maximum atomic E-state index is 13.0. The van der Waals surface area contributed by atoms with Gasteiger partial charge in [0.2, 0.25) is 11.8 Å². The Bertz CT molecular complexity index is 1350. The van der Waals surface area contributed by atoms with Crippen LogP contribution in [0.3, 0.4) is 0 Å². The van der Waals surface area contributed by atoms with Gasteiger partial charge in [0.1, 0.15) is 17.7 Å². The Hall–Kier alpha value is -4.19. The fraction of sp³-hybridized carbons (Fsp3) is 0.364. The van der Waals surface area contributed by atoms with Crippen LogP contribution < -0.4 is 11.1 Å². The summed E-state index contributed by atoms with van der Waals surface area (Å²) in [5.74, 6) is 3.85. The number of carbonyl (C=O) groups excluding carboxylic acids is 2. The third kappa shape index (κ3) is 4.80. The van der Waals surface area contributed by atoms with Crippen molar-refractivity contribution in [3.63, 3.8) is 0 Å². The summed E-state index contributed by atoms with van der Waals surface area (Å²) in [4.78, 5) is 41.9. The summed E-state index contributed by atoms with van der Waals surface area (Å²) >= 11 is 0. The molecule has 0 aliphatic carbocycles. The maximum Gasteiger partial charge on any atom is 0.255 e. The zero-order chi connectivity index (χ0) is 26.0. The lowest BCUT2D eigenvalue weighted by atomic mass is 10.1. The number of amides is 2. The highest BCUT2D eigenvalue weighted by Gasteiger charge is 2.47. The van der Waals surface area contributed by atoms with Crippen LogP contribution in [0.5, 0.6) is 0 Å². The molecule has 4 rings (SSSR count). The van der Waals surface area contributed by atoms with Crippen molar-refractivity contribution < 1.29 is 28.9 Å². The fourth-order valence-corrected chi connectivity index (χ4v) is 3.59. The molecule has 36 heavy (non-hydrogen) atoms. The van der Waals surface area contributed by atoms with Gasteiger partial charge in [0.25, 0.3) is 11.8 Å². The van der Waals surface area contributed by atoms with Crippen molar-refractivity contribution in [1.29, 1.82) is 0 Å². The monoisotopic (exact) mass is 498 g/mol. The first-order valence-corrected chi connectivity index (χ1v) is 10.9. The second kappa shape index (κ2) is 10.2. The third-order valence-electron chi connectivity index (χ3n) is 5.41. The first-order valence-electron chi connectivity index (χ1n) is 10.9. The fourth-order valence-electron chi connectivity index (χ4n) is 3.59. The number of nitrogens with one attached hydrogen (secondary N) is 1. The predicted molar refractivity (Wildman–Crippen MR) is 122 cm³/mol. The second-order valence-electron chi connectivity index (χ2n) is 7.91. The maximum absolute atomic E-state index is 13.0. The summed E-state index contributed by atoms with van der Waals surface area (Å²) in [6.07, 6.45) is -2.93. The van der Waals surface area contributed by atoms with Gasteiger partial charge in [0.05, 0.1) is 18.4 Å². The molecule has 0 bridgehead atoms. The highest BCUT2D eigenvalue weighted by Crippen LogP contribution is 2.32. The van der Waals surface area contributed by atoms with E-state index in [1.807, 2.05) is 0 Å². The number of ether oxygens (including phenoxy) is 1. The van der Waals surface area contributed by atoms with Crippen LogP contribution in [0.15, 0.2) is 24.7 Å². The summed E-state index contributed by atoms with van der Waals surface area (Å²) in [5, 5.41) is 23.4. The number of pyridine rings is 1. The number of carbonyl (C=O) groups is 2. The van der Waals surface area contributed by atoms with E-state index in [1.165, 1.54) is 28.9 Å². The minimum atomic E-state index is -1.47. The van der Waals surface area contributed by atoms with E-state index in [4.69, 9.17) is 10.5 Å². The Kier molecular flexibility index (Phi) is 7.06. The first-order chi connectivity index (χ1) is 17.2. The number of anilines is 1. The van der Waals surface area contributed by atoms with Crippen LogP contribution in [-0.4, -0.2) is 89.9 Å². The van der Waals surface area contributed by atoms with Gasteiger partial charge in [-0.2, -0.15) is 4.39 Å². The first kappa shape index (κ1) is 24.9. The number of rotatable bonds is 5. The summed E-state index contributed by atoms with van der Waals surface area (Å²) < 4.78 is 19.9. The molecule has 1 unspecified atom stereocenters. The van der Waals surface area contributed by atoms with Gasteiger partial charge in [0.15, 0.2) is 23.8 Å². The van der Waals surface area contributed by atoms with E-state index >= 15 is 0 Å². The molecular weight excluding hydrogens is 475 g/mol. The molecule has 0 radical (unpaired) electrons. The number of aliphatic hydroxyl groups excluding tert-OH is 2. The molecule has 1 saturated heterocycles. The molecule has 13 nitrogen and oxygen atoms in total. The van der Waals surface area contributed by atoms with E-state index in [9.17, 15) is 24.2 Å². The number of aromatic nitrogens is 5. The Morgan fingerprint density at radius 3 is 2.75 bits per heavy atom. The van der Waals surface area contributed by atoms with Crippen molar-refractivity contribution in [3.05, 3.63) is 42.0 Å². The van der Waals surface area contributed by atoms with Gasteiger partial charge in [-0.3, -0.25) is 14.2 Å². The number of fused-ring (bicyclic) bond motifs is 1. The molecule has 4 atom stereocenters. The van der Waals surface area contributed by atoms with Crippen molar-refractivity contribution in [2.24, 2.45) is 0 Å². The van der Waals surface area contributed by atoms with Crippen LogP contribution in [0.2, 0.25) is 0 Å². The Labute approximate surface area is 204 Å². The van der Waals surface area contributed by atoms with Crippen LogP contribution in [-0.2, 0) is 9.53 Å². The van der Waals surface area contributed by atoms with Crippen molar-refractivity contribution in [2.45, 2.75) is 31.5 Å². The normalized spacial score (nSPS) is 21.1. The second-order valence-corrected chi connectivity index (χ2v) is 7.91. The molecule has 0 saturated carbocycles. The Balaban J connectivity index is 1.55. The molecule has 0 aromatic carbocycles. The number of likely N-dealkylation sites (N-methyl/N-ethyl adjacent to an activating group) is 1. The van der Waals surface area contributed by atoms with Gasteiger partial charge in [-0.05, 0) is 25.0 Å². The average Bonchev–Trinajstić information content (AvgIpc) is 3.40. The number of hydrogen-bond donors (Lipinski definition) is 4. The predicted octanol–water partition coefficient (Wildman–Crippen LogP) is -1.18. The molecule has 1 aliphatic heterocycles. The molecule has 1 fully saturated rings. The molecule has 3 aromatic heterocycles. The molecule has 188 valence electrons. The molecule has 2 amide bonds. The van der Waals surface area contributed by atoms with Crippen molar-refractivity contribution >= 4 is 28.8 Å². The lowest BCUT2D eigenvalue weighted by Gasteiger charge is -2.16. The number of halogens is 1. The van der Waals surface area contributed by atoms with Crippen LogP contribution in [0.25, 0.3) is 11.2 Å². The van der Waals surface area contributed by atoms with E-state index in [2.05, 4.69) is 37.1 Å². The van der Waals surface area contributed by atoms with Gasteiger partial charge >= 0.3 is 0 Å². The SMILES string of the molecule is CCNC(=O)[C@H]1O[C@@H](n2cnc3c(N)nc(C#CCN(C)C(=O)c4ccc(F)nc4)nc32)[C@H](O)C1O. The van der Waals surface area contributed by atoms with Crippen molar-refractivity contribution in [2.75, 3.05) is 25.9 Å². The number of hydrogen-bond acceptors (Lipinski definition) is 10. The molecule has 5 N–H and O–H groups in total. The molecule has 4 heterocycles. The molecule has 1 aliphatic rings. The largest absolute Gasteiger partial charge is 0.387 e. The van der Waals surface area contributed by atoms with Crippen molar-refractivity contribution in [3.8, 4) is 11.8 Å². The third-order valence-corrected chi connectivity index (χ3v) is 5.41. The number of imidazole rings is 1. The smallest absolute Gasteiger partial charge is 0.255 e. The van der Waals surface area contributed by atoms with Crippen LogP contribution >= 0.6 is 0 Å². The van der Waals surface area contributed by atoms with E-state index < -0.39 is 42.3 Å². The summed E-state index contributed by atoms with van der Waals surface area (Å²) in [6.45, 7) is 2.04. The molecule has 14 heteroatoms. The van der Waals surface area contributed by atoms with E-state index in [0.717, 1.165) is 12.3 Å². The van der Waals surface area contributed by atoms with Crippen molar-refractivity contribution in [1.82, 2.24) is 34.7 Å². The lowest BCUT2D eigenvalue weighted by Crippen LogP contribution is -2.42. The Morgan fingerprint density at radius 2 is 2.06 bits per heavy atom. The van der Waals surface area contributed by atoms with E-state index in [1.54, 1.807) is 6.92 Å². The lowest BCUT2D eigenvalue weighted by molar-refractivity contribution is -0.137. The molecule has 0 spiro atoms. The van der Waals surface area contributed by atoms with Crippen LogP contribution in [0, 0.1) is 17.8 Å². The number of nitrogen functional groups attached to an aromatic ring is 1. The quantitative estimate of drug-likeness (QED) is 0.247. The number of aliphatic hydroxyl groups is 2. The number of nitrogens with two attached hydrogens (primary N) is 1. The average molecular weight is 498 g/mol.